The molecule has 0 spiro atoms. The van der Waals surface area contributed by atoms with Crippen molar-refractivity contribution in [2.24, 2.45) is 0 Å². The summed E-state index contributed by atoms with van der Waals surface area (Å²) in [5, 5.41) is 9.24. The zero-order valence-corrected chi connectivity index (χ0v) is 5.09. The average Bonchev–Trinajstić information content (AvgIpc) is 1.82. The second-order valence-corrected chi connectivity index (χ2v) is 2.72. The van der Waals surface area contributed by atoms with Gasteiger partial charge in [0.25, 0.3) is 0 Å². The molecule has 1 rings (SSSR count). The minimum Gasteiger partial charge on any atom is -0.389 e. The van der Waals surface area contributed by atoms with Crippen molar-refractivity contribution in [2.75, 3.05) is 13.1 Å². The van der Waals surface area contributed by atoms with Crippen LogP contribution in [0.3, 0.4) is 0 Å². The van der Waals surface area contributed by atoms with Gasteiger partial charge in [0.05, 0.1) is 5.60 Å². The predicted molar refractivity (Wildman–Crippen MR) is 31.1 cm³/mol. The van der Waals surface area contributed by atoms with Crippen LogP contribution in [-0.2, 0) is 0 Å². The molecule has 46 valence electrons. The summed E-state index contributed by atoms with van der Waals surface area (Å²) in [5.74, 6) is 0. The van der Waals surface area contributed by atoms with E-state index in [1.165, 1.54) is 0 Å². The molecule has 1 atom stereocenters. The fourth-order valence-electron chi connectivity index (χ4n) is 0.980. The second-order valence-electron chi connectivity index (χ2n) is 2.72. The first-order chi connectivity index (χ1) is 3.60. The van der Waals surface area contributed by atoms with E-state index in [0.717, 1.165) is 13.0 Å². The van der Waals surface area contributed by atoms with Gasteiger partial charge in [-0.05, 0) is 13.3 Å². The van der Waals surface area contributed by atoms with E-state index in [9.17, 15) is 5.11 Å². The summed E-state index contributed by atoms with van der Waals surface area (Å²) < 4.78 is 0. The van der Waals surface area contributed by atoms with E-state index in [1.807, 2.05) is 0 Å². The molecule has 0 bridgehead atoms. The number of likely N-dealkylation sites (tertiary alicyclic amines) is 1. The van der Waals surface area contributed by atoms with Crippen LogP contribution >= 0.6 is 0 Å². The van der Waals surface area contributed by atoms with Crippen molar-refractivity contribution < 1.29 is 5.11 Å². The molecule has 1 aliphatic rings. The first-order valence-electron chi connectivity index (χ1n) is 2.82. The van der Waals surface area contributed by atoms with Crippen LogP contribution in [0.15, 0.2) is 0 Å². The van der Waals surface area contributed by atoms with Gasteiger partial charge in [-0.3, -0.25) is 4.90 Å². The first-order valence-corrected chi connectivity index (χ1v) is 2.82. The van der Waals surface area contributed by atoms with Gasteiger partial charge in [-0.15, -0.1) is 0 Å². The fraction of sp³-hybridized carbons (Fsp3) is 0.833. The highest BCUT2D eigenvalue weighted by Gasteiger charge is 2.28. The first kappa shape index (κ1) is 6.05. The van der Waals surface area contributed by atoms with E-state index in [4.69, 9.17) is 7.05 Å². The van der Waals surface area contributed by atoms with E-state index in [1.54, 1.807) is 11.8 Å². The molecule has 1 fully saturated rings. The molecule has 8 heavy (non-hydrogen) atoms. The third-order valence-corrected chi connectivity index (χ3v) is 1.48. The summed E-state index contributed by atoms with van der Waals surface area (Å²) >= 11 is 0. The van der Waals surface area contributed by atoms with Crippen molar-refractivity contribution in [3.05, 3.63) is 7.05 Å². The van der Waals surface area contributed by atoms with E-state index < -0.39 is 5.60 Å². The molecular formula is C6H11NO. The summed E-state index contributed by atoms with van der Waals surface area (Å²) in [6.45, 7) is 3.22. The van der Waals surface area contributed by atoms with Crippen LogP contribution in [0.4, 0.5) is 0 Å². The molecule has 0 saturated carbocycles. The van der Waals surface area contributed by atoms with Gasteiger partial charge in [0, 0.05) is 20.1 Å². The second kappa shape index (κ2) is 1.71. The molecule has 0 aromatic heterocycles. The molecule has 1 unspecified atom stereocenters. The Balaban J connectivity index is 2.44. The third kappa shape index (κ3) is 1.20. The van der Waals surface area contributed by atoms with E-state index in [-0.39, 0.29) is 0 Å². The lowest BCUT2D eigenvalue weighted by molar-refractivity contribution is 0.0735. The molecule has 2 radical (unpaired) electrons. The van der Waals surface area contributed by atoms with Crippen molar-refractivity contribution in [2.45, 2.75) is 18.9 Å². The Bertz CT molecular complexity index is 90.5. The number of rotatable bonds is 0. The lowest BCUT2D eigenvalue weighted by Gasteiger charge is -2.14. The van der Waals surface area contributed by atoms with Crippen molar-refractivity contribution in [3.63, 3.8) is 0 Å². The van der Waals surface area contributed by atoms with Crippen LogP contribution < -0.4 is 0 Å². The van der Waals surface area contributed by atoms with Crippen LogP contribution in [0.5, 0.6) is 0 Å². The van der Waals surface area contributed by atoms with Crippen molar-refractivity contribution in [1.82, 2.24) is 4.90 Å². The maximum Gasteiger partial charge on any atom is 0.0758 e. The quantitative estimate of drug-likeness (QED) is 0.482. The molecule has 2 nitrogen and oxygen atoms in total. The van der Waals surface area contributed by atoms with E-state index >= 15 is 0 Å². The maximum absolute atomic E-state index is 9.24. The molecule has 0 aliphatic carbocycles. The fourth-order valence-corrected chi connectivity index (χ4v) is 0.980. The Morgan fingerprint density at radius 3 is 2.50 bits per heavy atom. The number of nitrogens with zero attached hydrogens (tertiary/aromatic N) is 1. The summed E-state index contributed by atoms with van der Waals surface area (Å²) in [6, 6.07) is 0. The van der Waals surface area contributed by atoms with Gasteiger partial charge < -0.3 is 5.11 Å². The molecule has 1 saturated heterocycles. The smallest absolute Gasteiger partial charge is 0.0758 e. The normalized spacial score (nSPS) is 40.9. The van der Waals surface area contributed by atoms with Gasteiger partial charge in [-0.25, -0.2) is 0 Å². The van der Waals surface area contributed by atoms with Crippen LogP contribution in [0.1, 0.15) is 13.3 Å². The number of hydrogen-bond donors (Lipinski definition) is 1. The summed E-state index contributed by atoms with van der Waals surface area (Å²) in [6.07, 6.45) is 0.795. The van der Waals surface area contributed by atoms with Gasteiger partial charge in [-0.1, -0.05) is 0 Å². The van der Waals surface area contributed by atoms with Crippen LogP contribution in [0.2, 0.25) is 0 Å². The Hall–Kier alpha value is -0.0800. The van der Waals surface area contributed by atoms with Gasteiger partial charge in [0.15, 0.2) is 0 Å². The Kier molecular flexibility index (Phi) is 1.29. The van der Waals surface area contributed by atoms with Gasteiger partial charge >= 0.3 is 0 Å². The monoisotopic (exact) mass is 113 g/mol. The summed E-state index contributed by atoms with van der Waals surface area (Å²) in [7, 11) is 5.38. The highest BCUT2D eigenvalue weighted by atomic mass is 16.3. The van der Waals surface area contributed by atoms with Gasteiger partial charge in [0.1, 0.15) is 0 Å². The summed E-state index contributed by atoms with van der Waals surface area (Å²) in [5.41, 5.74) is -0.533. The Morgan fingerprint density at radius 2 is 2.38 bits per heavy atom. The van der Waals surface area contributed by atoms with E-state index in [2.05, 4.69) is 0 Å². The minimum atomic E-state index is -0.533. The molecule has 0 aromatic rings. The van der Waals surface area contributed by atoms with Crippen molar-refractivity contribution >= 4 is 0 Å². The Morgan fingerprint density at radius 1 is 1.75 bits per heavy atom. The molecule has 1 aliphatic heterocycles. The highest BCUT2D eigenvalue weighted by molar-refractivity contribution is 4.85. The molecular weight excluding hydrogens is 102 g/mol. The number of hydrogen-bond acceptors (Lipinski definition) is 2. The largest absolute Gasteiger partial charge is 0.389 e. The maximum atomic E-state index is 9.24. The van der Waals surface area contributed by atoms with Gasteiger partial charge in [-0.2, -0.15) is 0 Å². The topological polar surface area (TPSA) is 23.5 Å². The van der Waals surface area contributed by atoms with Crippen LogP contribution in [0.25, 0.3) is 0 Å². The minimum absolute atomic E-state index is 0.533. The highest BCUT2D eigenvalue weighted by Crippen LogP contribution is 2.18. The SMILES string of the molecule is [CH]N1CCC(C)(O)C1. The molecule has 1 N–H and O–H groups in total. The zero-order chi connectivity index (χ0) is 6.20. The zero-order valence-electron chi connectivity index (χ0n) is 5.09. The lowest BCUT2D eigenvalue weighted by Crippen LogP contribution is -2.26. The lowest BCUT2D eigenvalue weighted by atomic mass is 10.1. The van der Waals surface area contributed by atoms with Crippen molar-refractivity contribution in [3.8, 4) is 0 Å². The third-order valence-electron chi connectivity index (χ3n) is 1.48. The summed E-state index contributed by atoms with van der Waals surface area (Å²) in [4.78, 5) is 1.64. The molecule has 2 heteroatoms. The van der Waals surface area contributed by atoms with Gasteiger partial charge in [0.2, 0.25) is 0 Å². The van der Waals surface area contributed by atoms with E-state index in [0.29, 0.717) is 6.54 Å². The number of β-amino-alcohol motifs (C(OH)–C–C–N with tert-alkyl or cyclic N) is 1. The van der Waals surface area contributed by atoms with Crippen molar-refractivity contribution in [1.29, 1.82) is 0 Å². The predicted octanol–water partition coefficient (Wildman–Crippen LogP) is 0.112. The average molecular weight is 113 g/mol. The molecule has 0 amide bonds. The number of aliphatic hydroxyl groups is 1. The standard InChI is InChI=1S/C6H11NO/c1-6(8)3-4-7(2)5-6/h2,8H,3-5H2,1H3. The Labute approximate surface area is 50.1 Å². The molecule has 1 heterocycles. The van der Waals surface area contributed by atoms with Crippen LogP contribution in [-0.4, -0.2) is 28.7 Å². The molecule has 0 aromatic carbocycles. The van der Waals surface area contributed by atoms with Crippen LogP contribution in [0, 0.1) is 7.05 Å².